The lowest BCUT2D eigenvalue weighted by Crippen LogP contribution is -2.38. The van der Waals surface area contributed by atoms with Crippen molar-refractivity contribution >= 4 is 28.7 Å². The summed E-state index contributed by atoms with van der Waals surface area (Å²) in [5, 5.41) is 6.26. The van der Waals surface area contributed by atoms with Gasteiger partial charge in [0.25, 0.3) is 11.9 Å². The Hall–Kier alpha value is -4.25. The molecule has 5 rings (SSSR count). The van der Waals surface area contributed by atoms with Gasteiger partial charge in [-0.15, -0.1) is 0 Å². The topological polar surface area (TPSA) is 115 Å². The number of carbonyl (C=O) groups excluding carboxylic acids is 1. The number of anilines is 2. The zero-order chi connectivity index (χ0) is 27.2. The number of aromatic nitrogens is 3. The van der Waals surface area contributed by atoms with Crippen molar-refractivity contribution in [2.24, 2.45) is 0 Å². The summed E-state index contributed by atoms with van der Waals surface area (Å²) in [6.07, 6.45) is 6.05. The number of amides is 1. The summed E-state index contributed by atoms with van der Waals surface area (Å²) in [7, 11) is 0. The number of para-hydroxylation sites is 1. The van der Waals surface area contributed by atoms with E-state index in [2.05, 4.69) is 30.5 Å². The van der Waals surface area contributed by atoms with E-state index in [9.17, 15) is 9.18 Å². The maximum absolute atomic E-state index is 14.6. The largest absolute Gasteiger partial charge is 0.491 e. The fourth-order valence-corrected chi connectivity index (χ4v) is 4.63. The molecule has 1 saturated heterocycles. The Morgan fingerprint density at radius 3 is 2.46 bits per heavy atom. The molecule has 2 N–H and O–H groups in total. The van der Waals surface area contributed by atoms with Crippen molar-refractivity contribution < 1.29 is 23.1 Å². The average Bonchev–Trinajstić information content (AvgIpc) is 3.36. The summed E-state index contributed by atoms with van der Waals surface area (Å²) in [6, 6.07) is 9.49. The van der Waals surface area contributed by atoms with Gasteiger partial charge < -0.3 is 24.5 Å². The molecule has 1 fully saturated rings. The molecule has 2 aromatic carbocycles. The van der Waals surface area contributed by atoms with Gasteiger partial charge in [-0.3, -0.25) is 9.69 Å². The summed E-state index contributed by atoms with van der Waals surface area (Å²) < 4.78 is 31.5. The molecule has 204 valence electrons. The van der Waals surface area contributed by atoms with Gasteiger partial charge in [-0.2, -0.15) is 9.37 Å². The van der Waals surface area contributed by atoms with E-state index >= 15 is 0 Å². The van der Waals surface area contributed by atoms with Gasteiger partial charge in [0, 0.05) is 38.1 Å². The number of hydrogen-bond donors (Lipinski definition) is 2. The van der Waals surface area contributed by atoms with Crippen LogP contribution < -0.4 is 20.1 Å². The number of carbonyl (C=O) groups is 1. The van der Waals surface area contributed by atoms with Gasteiger partial charge in [0.05, 0.1) is 24.5 Å². The minimum absolute atomic E-state index is 0.181. The van der Waals surface area contributed by atoms with E-state index in [0.717, 1.165) is 31.5 Å². The Kier molecular flexibility index (Phi) is 8.16. The van der Waals surface area contributed by atoms with Crippen molar-refractivity contribution in [1.29, 1.82) is 0 Å². The lowest BCUT2D eigenvalue weighted by atomic mass is 10.0. The van der Waals surface area contributed by atoms with Crippen LogP contribution >= 0.6 is 0 Å². The summed E-state index contributed by atoms with van der Waals surface area (Å²) >= 11 is 0. The van der Waals surface area contributed by atoms with Crippen LogP contribution in [0.4, 0.5) is 16.1 Å². The molecule has 1 amide bonds. The van der Waals surface area contributed by atoms with Gasteiger partial charge in [0.2, 0.25) is 5.82 Å². The number of rotatable bonds is 10. The van der Waals surface area contributed by atoms with Gasteiger partial charge in [0.1, 0.15) is 11.8 Å². The van der Waals surface area contributed by atoms with Crippen LogP contribution in [0.25, 0.3) is 11.1 Å². The number of benzene rings is 2. The molecule has 1 aliphatic rings. The van der Waals surface area contributed by atoms with Gasteiger partial charge in [0.15, 0.2) is 17.1 Å². The van der Waals surface area contributed by atoms with Crippen LogP contribution in [-0.2, 0) is 6.54 Å². The van der Waals surface area contributed by atoms with Gasteiger partial charge in [-0.05, 0) is 56.5 Å². The second-order valence-electron chi connectivity index (χ2n) is 9.22. The highest BCUT2D eigenvalue weighted by atomic mass is 19.1. The minimum atomic E-state index is -0.458. The molecular formula is C28H31FN6O4. The standard InChI is InChI=1S/C28H31FN6O4/c1-3-37-23-12-18(13-24(25(23)29)38-4-2)16-35-10-8-20(9-11-35)32-28-34-26-21(6-5-7-22(26)39-28)33-27(36)19-14-30-17-31-15-19/h5-7,12-15,17,20H,3-4,8-11,16H2,1-2H3,(H,32,34)(H,33,36). The molecule has 10 nitrogen and oxygen atoms in total. The van der Waals surface area contributed by atoms with Gasteiger partial charge >= 0.3 is 0 Å². The van der Waals surface area contributed by atoms with Crippen LogP contribution in [0.3, 0.4) is 0 Å². The molecule has 1 aliphatic heterocycles. The maximum atomic E-state index is 14.6. The van der Waals surface area contributed by atoms with Crippen LogP contribution in [0.2, 0.25) is 0 Å². The Balaban J connectivity index is 1.20. The van der Waals surface area contributed by atoms with Crippen molar-refractivity contribution in [3.05, 3.63) is 66.0 Å². The van der Waals surface area contributed by atoms with Crippen molar-refractivity contribution in [2.45, 2.75) is 39.3 Å². The fraction of sp³-hybridized carbons (Fsp3) is 0.357. The first kappa shape index (κ1) is 26.4. The monoisotopic (exact) mass is 534 g/mol. The molecule has 0 saturated carbocycles. The van der Waals surface area contributed by atoms with Crippen molar-refractivity contribution in [3.63, 3.8) is 0 Å². The second kappa shape index (κ2) is 12.1. The quantitative estimate of drug-likeness (QED) is 0.294. The molecule has 11 heteroatoms. The number of oxazole rings is 1. The lowest BCUT2D eigenvalue weighted by Gasteiger charge is -2.32. The number of nitrogens with zero attached hydrogens (tertiary/aromatic N) is 4. The second-order valence-corrected chi connectivity index (χ2v) is 9.22. The Morgan fingerprint density at radius 1 is 1.10 bits per heavy atom. The average molecular weight is 535 g/mol. The third-order valence-electron chi connectivity index (χ3n) is 6.48. The zero-order valence-electron chi connectivity index (χ0n) is 21.9. The molecule has 0 atom stereocenters. The molecule has 0 bridgehead atoms. The number of nitrogens with one attached hydrogen (secondary N) is 2. The van der Waals surface area contributed by atoms with E-state index in [1.165, 1.54) is 18.7 Å². The number of hydrogen-bond acceptors (Lipinski definition) is 9. The van der Waals surface area contributed by atoms with E-state index in [1.54, 1.807) is 24.3 Å². The van der Waals surface area contributed by atoms with Gasteiger partial charge in [-0.1, -0.05) is 6.07 Å². The molecule has 39 heavy (non-hydrogen) atoms. The van der Waals surface area contributed by atoms with Crippen LogP contribution in [-0.4, -0.2) is 58.1 Å². The van der Waals surface area contributed by atoms with Crippen LogP contribution in [0.1, 0.15) is 42.6 Å². The lowest BCUT2D eigenvalue weighted by molar-refractivity contribution is 0.102. The van der Waals surface area contributed by atoms with Crippen molar-refractivity contribution in [1.82, 2.24) is 19.9 Å². The maximum Gasteiger partial charge on any atom is 0.295 e. The zero-order valence-corrected chi connectivity index (χ0v) is 21.9. The fourth-order valence-electron chi connectivity index (χ4n) is 4.63. The number of likely N-dealkylation sites (tertiary alicyclic amines) is 1. The van der Waals surface area contributed by atoms with E-state index in [0.29, 0.717) is 48.1 Å². The van der Waals surface area contributed by atoms with Crippen LogP contribution in [0.15, 0.2) is 53.5 Å². The third-order valence-corrected chi connectivity index (χ3v) is 6.48. The predicted molar refractivity (Wildman–Crippen MR) is 145 cm³/mol. The first-order chi connectivity index (χ1) is 19.0. The number of halogens is 1. The molecule has 0 radical (unpaired) electrons. The third kappa shape index (κ3) is 6.26. The van der Waals surface area contributed by atoms with E-state index < -0.39 is 5.82 Å². The Labute approximate surface area is 225 Å². The van der Waals surface area contributed by atoms with E-state index in [4.69, 9.17) is 13.9 Å². The highest BCUT2D eigenvalue weighted by Crippen LogP contribution is 2.31. The summed E-state index contributed by atoms with van der Waals surface area (Å²) in [5.74, 6) is -0.339. The Bertz CT molecular complexity index is 1400. The van der Waals surface area contributed by atoms with E-state index in [1.807, 2.05) is 19.9 Å². The van der Waals surface area contributed by atoms with Crippen molar-refractivity contribution in [3.8, 4) is 11.5 Å². The Morgan fingerprint density at radius 2 is 1.79 bits per heavy atom. The predicted octanol–water partition coefficient (Wildman–Crippen LogP) is 4.88. The molecule has 2 aromatic heterocycles. The number of fused-ring (bicyclic) bond motifs is 1. The highest BCUT2D eigenvalue weighted by molar-refractivity contribution is 6.07. The molecule has 0 aliphatic carbocycles. The van der Waals surface area contributed by atoms with Gasteiger partial charge in [-0.25, -0.2) is 9.97 Å². The first-order valence-electron chi connectivity index (χ1n) is 13.1. The molecule has 0 unspecified atom stereocenters. The molecule has 0 spiro atoms. The molecular weight excluding hydrogens is 503 g/mol. The smallest absolute Gasteiger partial charge is 0.295 e. The normalized spacial score (nSPS) is 14.3. The SMILES string of the molecule is CCOc1cc(CN2CCC(Nc3nc4c(NC(=O)c5cncnc5)cccc4o3)CC2)cc(OCC)c1F. The van der Waals surface area contributed by atoms with Crippen LogP contribution in [0.5, 0.6) is 11.5 Å². The summed E-state index contributed by atoms with van der Waals surface area (Å²) in [5.41, 5.74) is 2.99. The summed E-state index contributed by atoms with van der Waals surface area (Å²) in [4.78, 5) is 27.3. The number of piperidine rings is 1. The molecule has 3 heterocycles. The van der Waals surface area contributed by atoms with E-state index in [-0.39, 0.29) is 23.4 Å². The first-order valence-corrected chi connectivity index (χ1v) is 13.1. The van der Waals surface area contributed by atoms with Crippen LogP contribution in [0, 0.1) is 5.82 Å². The summed E-state index contributed by atoms with van der Waals surface area (Å²) in [6.45, 7) is 6.80. The molecule has 4 aromatic rings. The highest BCUT2D eigenvalue weighted by Gasteiger charge is 2.23. The number of ether oxygens (including phenoxy) is 2. The van der Waals surface area contributed by atoms with Crippen molar-refractivity contribution in [2.75, 3.05) is 36.9 Å². The minimum Gasteiger partial charge on any atom is -0.491 e.